The summed E-state index contributed by atoms with van der Waals surface area (Å²) in [7, 11) is 0. The summed E-state index contributed by atoms with van der Waals surface area (Å²) in [5.41, 5.74) is 0. The zero-order valence-corrected chi connectivity index (χ0v) is 4.14. The maximum absolute atomic E-state index is 9.70. The molecule has 0 unspecified atom stereocenters. The topological polar surface area (TPSA) is 59.2 Å². The van der Waals surface area contributed by atoms with E-state index in [1.54, 1.807) is 0 Å². The van der Waals surface area contributed by atoms with Crippen molar-refractivity contribution in [2.45, 2.75) is 6.04 Å². The maximum Gasteiger partial charge on any atom is 0.322 e. The monoisotopic (exact) mass is 94.0 g/mol. The molecule has 3 nitrogen and oxygen atoms in total. The summed E-state index contributed by atoms with van der Waals surface area (Å²) in [5, 5.41) is 10.6. The predicted octanol–water partition coefficient (Wildman–Crippen LogP) is -1.34. The summed E-state index contributed by atoms with van der Waals surface area (Å²) in [6.07, 6.45) is 0. The number of nitrogens with one attached hydrogen (secondary N) is 1. The molecular formula is C3H5LiNO2. The van der Waals surface area contributed by atoms with Crippen molar-refractivity contribution in [1.82, 2.24) is 5.32 Å². The van der Waals surface area contributed by atoms with Gasteiger partial charge in [-0.1, -0.05) is 0 Å². The Hall–Kier alpha value is 0.0274. The van der Waals surface area contributed by atoms with Crippen LogP contribution in [0, 0.1) is 0 Å². The number of hydrogen-bond donors (Lipinski definition) is 2. The summed E-state index contributed by atoms with van der Waals surface area (Å²) < 4.78 is 0. The fraction of sp³-hybridized carbons (Fsp3) is 0.667. The molecule has 1 aliphatic heterocycles. The van der Waals surface area contributed by atoms with Crippen molar-refractivity contribution in [3.63, 3.8) is 0 Å². The fourth-order valence-corrected chi connectivity index (χ4v) is 0.234. The van der Waals surface area contributed by atoms with Gasteiger partial charge in [-0.25, -0.2) is 0 Å². The molecule has 1 atom stereocenters. The van der Waals surface area contributed by atoms with E-state index in [9.17, 15) is 4.79 Å². The van der Waals surface area contributed by atoms with E-state index in [1.165, 1.54) is 0 Å². The van der Waals surface area contributed by atoms with Crippen molar-refractivity contribution in [3.8, 4) is 0 Å². The van der Waals surface area contributed by atoms with Crippen LogP contribution in [0.5, 0.6) is 0 Å². The van der Waals surface area contributed by atoms with Crippen LogP contribution in [-0.4, -0.2) is 42.5 Å². The Kier molecular flexibility index (Phi) is 2.37. The minimum Gasteiger partial charge on any atom is -0.480 e. The van der Waals surface area contributed by atoms with Gasteiger partial charge in [0, 0.05) is 25.4 Å². The number of carboxylic acid groups (broad SMARTS) is 1. The van der Waals surface area contributed by atoms with Crippen LogP contribution in [0.1, 0.15) is 0 Å². The molecule has 1 heterocycles. The first kappa shape index (κ1) is 7.03. The number of rotatable bonds is 1. The van der Waals surface area contributed by atoms with Gasteiger partial charge in [0.25, 0.3) is 0 Å². The molecule has 7 heavy (non-hydrogen) atoms. The van der Waals surface area contributed by atoms with Crippen molar-refractivity contribution >= 4 is 24.8 Å². The zero-order valence-electron chi connectivity index (χ0n) is 4.14. The molecule has 0 aromatic heterocycles. The number of carbonyl (C=O) groups is 1. The van der Waals surface area contributed by atoms with Gasteiger partial charge in [-0.2, -0.15) is 0 Å². The van der Waals surface area contributed by atoms with Gasteiger partial charge >= 0.3 is 5.97 Å². The summed E-state index contributed by atoms with van der Waals surface area (Å²) in [6.45, 7) is 0.648. The minimum atomic E-state index is -0.741. The average molecular weight is 94.0 g/mol. The van der Waals surface area contributed by atoms with Gasteiger partial charge < -0.3 is 10.4 Å². The Morgan fingerprint density at radius 1 is 1.86 bits per heavy atom. The summed E-state index contributed by atoms with van der Waals surface area (Å²) >= 11 is 0. The molecule has 0 amide bonds. The smallest absolute Gasteiger partial charge is 0.322 e. The third kappa shape index (κ3) is 1.98. The van der Waals surface area contributed by atoms with E-state index < -0.39 is 5.97 Å². The van der Waals surface area contributed by atoms with E-state index in [0.717, 1.165) is 0 Å². The number of carboxylic acids is 1. The minimum absolute atomic E-state index is 0. The van der Waals surface area contributed by atoms with E-state index >= 15 is 0 Å². The molecule has 1 aliphatic rings. The van der Waals surface area contributed by atoms with E-state index in [1.807, 2.05) is 0 Å². The van der Waals surface area contributed by atoms with Crippen molar-refractivity contribution in [2.24, 2.45) is 0 Å². The predicted molar refractivity (Wildman–Crippen MR) is 25.2 cm³/mol. The van der Waals surface area contributed by atoms with Crippen LogP contribution >= 0.6 is 0 Å². The fourth-order valence-electron chi connectivity index (χ4n) is 0.234. The maximum atomic E-state index is 9.70. The molecule has 0 saturated carbocycles. The van der Waals surface area contributed by atoms with Gasteiger partial charge in [-0.3, -0.25) is 4.79 Å². The number of hydrogen-bond acceptors (Lipinski definition) is 2. The van der Waals surface area contributed by atoms with Gasteiger partial charge in [0.05, 0.1) is 0 Å². The molecule has 1 saturated heterocycles. The average Bonchev–Trinajstić information content (AvgIpc) is 2.06. The molecule has 4 heteroatoms. The van der Waals surface area contributed by atoms with Gasteiger partial charge in [0.15, 0.2) is 0 Å². The normalized spacial score (nSPS) is 25.4. The van der Waals surface area contributed by atoms with Crippen molar-refractivity contribution < 1.29 is 9.90 Å². The molecule has 0 aromatic carbocycles. The standard InChI is InChI=1S/C3H5NO2.Li/c5-3(6)2-1-4-2;/h2,4H,1H2,(H,5,6);/t2-;/m0./s1. The van der Waals surface area contributed by atoms with Gasteiger partial charge in [-0.05, 0) is 0 Å². The second kappa shape index (κ2) is 2.36. The second-order valence-corrected chi connectivity index (χ2v) is 1.30. The number of aliphatic carboxylic acids is 1. The zero-order chi connectivity index (χ0) is 4.57. The molecule has 0 aromatic rings. The Morgan fingerprint density at radius 2 is 2.29 bits per heavy atom. The van der Waals surface area contributed by atoms with Crippen LogP contribution in [-0.2, 0) is 4.79 Å². The van der Waals surface area contributed by atoms with Crippen molar-refractivity contribution in [2.75, 3.05) is 6.54 Å². The van der Waals surface area contributed by atoms with E-state index in [2.05, 4.69) is 5.32 Å². The SMILES string of the molecule is O=C(O)[C@@H]1CN1.[Li]. The summed E-state index contributed by atoms with van der Waals surface area (Å²) in [6, 6.07) is -0.231. The van der Waals surface area contributed by atoms with E-state index in [-0.39, 0.29) is 24.9 Å². The van der Waals surface area contributed by atoms with Crippen LogP contribution in [0.4, 0.5) is 0 Å². The second-order valence-electron chi connectivity index (χ2n) is 1.30. The summed E-state index contributed by atoms with van der Waals surface area (Å²) in [5.74, 6) is -0.741. The van der Waals surface area contributed by atoms with Crippen molar-refractivity contribution in [1.29, 1.82) is 0 Å². The molecule has 1 rings (SSSR count). The van der Waals surface area contributed by atoms with Crippen LogP contribution in [0.15, 0.2) is 0 Å². The third-order valence-electron chi connectivity index (χ3n) is 0.706. The quantitative estimate of drug-likeness (QED) is 0.312. The van der Waals surface area contributed by atoms with Crippen molar-refractivity contribution in [3.05, 3.63) is 0 Å². The Balaban J connectivity index is 0.000000360. The van der Waals surface area contributed by atoms with Crippen LogP contribution in [0.2, 0.25) is 0 Å². The first-order valence-electron chi connectivity index (χ1n) is 1.77. The third-order valence-corrected chi connectivity index (χ3v) is 0.706. The van der Waals surface area contributed by atoms with Crippen LogP contribution < -0.4 is 5.32 Å². The summed E-state index contributed by atoms with van der Waals surface area (Å²) in [4.78, 5) is 9.70. The first-order chi connectivity index (χ1) is 2.80. The van der Waals surface area contributed by atoms with Gasteiger partial charge in [0.1, 0.15) is 6.04 Å². The molecule has 1 fully saturated rings. The largest absolute Gasteiger partial charge is 0.480 e. The van der Waals surface area contributed by atoms with Crippen LogP contribution in [0.25, 0.3) is 0 Å². The van der Waals surface area contributed by atoms with Gasteiger partial charge in [-0.15, -0.1) is 0 Å². The Morgan fingerprint density at radius 3 is 2.29 bits per heavy atom. The molecule has 0 spiro atoms. The molecule has 0 bridgehead atoms. The Labute approximate surface area is 53.3 Å². The first-order valence-corrected chi connectivity index (χ1v) is 1.77. The molecule has 0 aliphatic carbocycles. The molecule has 1 radical (unpaired) electrons. The molecular weight excluding hydrogens is 89.0 g/mol. The molecule has 35 valence electrons. The van der Waals surface area contributed by atoms with E-state index in [4.69, 9.17) is 5.11 Å². The Bertz CT molecular complexity index is 81.0. The van der Waals surface area contributed by atoms with E-state index in [0.29, 0.717) is 6.54 Å². The van der Waals surface area contributed by atoms with Gasteiger partial charge in [0.2, 0.25) is 0 Å². The molecule has 2 N–H and O–H groups in total. The van der Waals surface area contributed by atoms with Crippen LogP contribution in [0.3, 0.4) is 0 Å².